The van der Waals surface area contributed by atoms with Crippen molar-refractivity contribution in [3.05, 3.63) is 66.0 Å². The van der Waals surface area contributed by atoms with Crippen LogP contribution in [0.25, 0.3) is 11.0 Å². The summed E-state index contributed by atoms with van der Waals surface area (Å²) in [5.41, 5.74) is 3.35. The van der Waals surface area contributed by atoms with Gasteiger partial charge >= 0.3 is 0 Å². The summed E-state index contributed by atoms with van der Waals surface area (Å²) in [5, 5.41) is 3.43. The zero-order chi connectivity index (χ0) is 17.5. The first-order chi connectivity index (χ1) is 12.2. The molecule has 0 amide bonds. The van der Waals surface area contributed by atoms with E-state index in [1.807, 2.05) is 55.4 Å². The molecule has 0 unspecified atom stereocenters. The van der Waals surface area contributed by atoms with Crippen molar-refractivity contribution >= 4 is 17.0 Å². The number of rotatable bonds is 6. The third kappa shape index (κ3) is 4.83. The van der Waals surface area contributed by atoms with Gasteiger partial charge < -0.3 is 15.2 Å². The van der Waals surface area contributed by atoms with Gasteiger partial charge in [-0.2, -0.15) is 0 Å². The minimum absolute atomic E-state index is 0.685. The van der Waals surface area contributed by atoms with Crippen LogP contribution in [0.5, 0.6) is 0 Å². The first-order valence-electron chi connectivity index (χ1n) is 8.65. The van der Waals surface area contributed by atoms with E-state index in [1.54, 1.807) is 0 Å². The molecule has 0 fully saturated rings. The third-order valence-electron chi connectivity index (χ3n) is 3.99. The van der Waals surface area contributed by atoms with E-state index < -0.39 is 0 Å². The zero-order valence-electron chi connectivity index (χ0n) is 14.9. The molecule has 0 aliphatic carbocycles. The maximum absolute atomic E-state index is 4.68. The molecule has 2 N–H and O–H groups in total. The summed E-state index contributed by atoms with van der Waals surface area (Å²) in [6, 6.07) is 18.4. The molecular formula is C20H25N5. The van der Waals surface area contributed by atoms with Gasteiger partial charge in [-0.1, -0.05) is 42.5 Å². The van der Waals surface area contributed by atoms with Crippen LogP contribution in [0.4, 0.5) is 0 Å². The van der Waals surface area contributed by atoms with Crippen molar-refractivity contribution in [3.8, 4) is 0 Å². The lowest BCUT2D eigenvalue weighted by molar-refractivity contribution is 0.573. The molecule has 1 aromatic heterocycles. The lowest BCUT2D eigenvalue weighted by Crippen LogP contribution is -2.37. The summed E-state index contributed by atoms with van der Waals surface area (Å²) < 4.78 is 0. The van der Waals surface area contributed by atoms with Gasteiger partial charge in [-0.25, -0.2) is 9.98 Å². The Bertz CT molecular complexity index is 787. The lowest BCUT2D eigenvalue weighted by Gasteiger charge is -2.17. The predicted molar refractivity (Wildman–Crippen MR) is 104 cm³/mol. The van der Waals surface area contributed by atoms with E-state index in [9.17, 15) is 0 Å². The highest BCUT2D eigenvalue weighted by Gasteiger charge is 2.04. The van der Waals surface area contributed by atoms with Crippen LogP contribution in [0.15, 0.2) is 59.6 Å². The molecule has 5 nitrogen and oxygen atoms in total. The normalized spacial score (nSPS) is 11.7. The summed E-state index contributed by atoms with van der Waals surface area (Å²) in [7, 11) is 4.02. The number of nitrogens with zero attached hydrogens (tertiary/aromatic N) is 3. The Morgan fingerprint density at radius 1 is 1.08 bits per heavy atom. The van der Waals surface area contributed by atoms with E-state index in [0.29, 0.717) is 6.54 Å². The van der Waals surface area contributed by atoms with Crippen LogP contribution in [-0.4, -0.2) is 41.5 Å². The smallest absolute Gasteiger partial charge is 0.193 e. The number of para-hydroxylation sites is 2. The lowest BCUT2D eigenvalue weighted by atomic mass is 10.2. The van der Waals surface area contributed by atoms with Gasteiger partial charge in [0.1, 0.15) is 5.82 Å². The number of aliphatic imine (C=N–C) groups is 1. The molecule has 1 heterocycles. The van der Waals surface area contributed by atoms with Crippen molar-refractivity contribution in [2.45, 2.75) is 19.4 Å². The topological polar surface area (TPSA) is 56.3 Å². The van der Waals surface area contributed by atoms with Crippen molar-refractivity contribution in [1.82, 2.24) is 20.2 Å². The molecule has 3 aromatic rings. The number of aromatic nitrogens is 2. The molecule has 0 bridgehead atoms. The van der Waals surface area contributed by atoms with E-state index in [1.165, 1.54) is 5.56 Å². The van der Waals surface area contributed by atoms with Crippen molar-refractivity contribution in [2.75, 3.05) is 20.6 Å². The van der Waals surface area contributed by atoms with Gasteiger partial charge in [0, 0.05) is 27.1 Å². The highest BCUT2D eigenvalue weighted by atomic mass is 15.3. The number of fused-ring (bicyclic) bond motifs is 1. The van der Waals surface area contributed by atoms with Gasteiger partial charge in [-0.05, 0) is 24.1 Å². The SMILES string of the molecule is CN(C)C(=NCc1ccccc1)NCCCc1nc2ccccc2[nH]1. The van der Waals surface area contributed by atoms with E-state index in [0.717, 1.165) is 42.2 Å². The number of hydrogen-bond donors (Lipinski definition) is 2. The van der Waals surface area contributed by atoms with Crippen LogP contribution >= 0.6 is 0 Å². The molecule has 3 rings (SSSR count). The van der Waals surface area contributed by atoms with Crippen LogP contribution in [0.3, 0.4) is 0 Å². The van der Waals surface area contributed by atoms with Gasteiger partial charge in [0.15, 0.2) is 5.96 Å². The molecule has 0 radical (unpaired) electrons. The Hall–Kier alpha value is -2.82. The van der Waals surface area contributed by atoms with Gasteiger partial charge in [0.25, 0.3) is 0 Å². The quantitative estimate of drug-likeness (QED) is 0.413. The van der Waals surface area contributed by atoms with E-state index in [-0.39, 0.29) is 0 Å². The predicted octanol–water partition coefficient (Wildman–Crippen LogP) is 3.20. The minimum Gasteiger partial charge on any atom is -0.356 e. The molecule has 0 aliphatic rings. The van der Waals surface area contributed by atoms with Gasteiger partial charge in [0.2, 0.25) is 0 Å². The van der Waals surface area contributed by atoms with Crippen LogP contribution < -0.4 is 5.32 Å². The number of guanidine groups is 1. The second kappa shape index (κ2) is 8.33. The molecule has 0 saturated heterocycles. The monoisotopic (exact) mass is 335 g/mol. The number of benzene rings is 2. The summed E-state index contributed by atoms with van der Waals surface area (Å²) in [4.78, 5) is 14.7. The fourth-order valence-electron chi connectivity index (χ4n) is 2.69. The molecule has 25 heavy (non-hydrogen) atoms. The van der Waals surface area contributed by atoms with E-state index >= 15 is 0 Å². The van der Waals surface area contributed by atoms with Crippen LogP contribution in [0, 0.1) is 0 Å². The maximum Gasteiger partial charge on any atom is 0.193 e. The Morgan fingerprint density at radius 3 is 2.60 bits per heavy atom. The second-order valence-corrected chi connectivity index (χ2v) is 6.25. The number of aromatic amines is 1. The fraction of sp³-hybridized carbons (Fsp3) is 0.300. The molecule has 0 aliphatic heterocycles. The summed E-state index contributed by atoms with van der Waals surface area (Å²) in [6.45, 7) is 1.55. The van der Waals surface area contributed by atoms with Crippen molar-refractivity contribution < 1.29 is 0 Å². The fourth-order valence-corrected chi connectivity index (χ4v) is 2.69. The summed E-state index contributed by atoms with van der Waals surface area (Å²) >= 11 is 0. The highest BCUT2D eigenvalue weighted by molar-refractivity contribution is 5.79. The van der Waals surface area contributed by atoms with Gasteiger partial charge in [-0.15, -0.1) is 0 Å². The second-order valence-electron chi connectivity index (χ2n) is 6.25. The molecular weight excluding hydrogens is 310 g/mol. The number of H-pyrrole nitrogens is 1. The van der Waals surface area contributed by atoms with Crippen LogP contribution in [-0.2, 0) is 13.0 Å². The Balaban J connectivity index is 1.49. The zero-order valence-corrected chi connectivity index (χ0v) is 14.9. The third-order valence-corrected chi connectivity index (χ3v) is 3.99. The minimum atomic E-state index is 0.685. The molecule has 5 heteroatoms. The molecule has 0 atom stereocenters. The largest absolute Gasteiger partial charge is 0.356 e. The van der Waals surface area contributed by atoms with E-state index in [4.69, 9.17) is 0 Å². The maximum atomic E-state index is 4.68. The number of nitrogens with one attached hydrogen (secondary N) is 2. The highest BCUT2D eigenvalue weighted by Crippen LogP contribution is 2.11. The van der Waals surface area contributed by atoms with Crippen molar-refractivity contribution in [2.24, 2.45) is 4.99 Å². The molecule has 130 valence electrons. The van der Waals surface area contributed by atoms with Crippen LogP contribution in [0.1, 0.15) is 17.8 Å². The van der Waals surface area contributed by atoms with Gasteiger partial charge in [0.05, 0.1) is 17.6 Å². The van der Waals surface area contributed by atoms with E-state index in [2.05, 4.69) is 38.5 Å². The first-order valence-corrected chi connectivity index (χ1v) is 8.65. The molecule has 0 saturated carbocycles. The van der Waals surface area contributed by atoms with Crippen molar-refractivity contribution in [3.63, 3.8) is 0 Å². The summed E-state index contributed by atoms with van der Waals surface area (Å²) in [5.74, 6) is 1.95. The Kier molecular flexibility index (Phi) is 5.67. The summed E-state index contributed by atoms with van der Waals surface area (Å²) in [6.07, 6.45) is 1.92. The number of imidazole rings is 1. The standard InChI is InChI=1S/C20H25N5/c1-25(2)20(22-15-16-9-4-3-5-10-16)21-14-8-13-19-23-17-11-6-7-12-18(17)24-19/h3-7,9-12H,8,13-15H2,1-2H3,(H,21,22)(H,23,24). The van der Waals surface area contributed by atoms with Gasteiger partial charge in [-0.3, -0.25) is 0 Å². The van der Waals surface area contributed by atoms with Crippen LogP contribution in [0.2, 0.25) is 0 Å². The number of aryl methyl sites for hydroxylation is 1. The Labute approximate surface area is 148 Å². The number of hydrogen-bond acceptors (Lipinski definition) is 2. The molecule has 0 spiro atoms. The first kappa shape index (κ1) is 17.0. The molecule has 2 aromatic carbocycles. The Morgan fingerprint density at radius 2 is 1.84 bits per heavy atom. The average molecular weight is 335 g/mol. The average Bonchev–Trinajstić information content (AvgIpc) is 3.04. The van der Waals surface area contributed by atoms with Crippen molar-refractivity contribution in [1.29, 1.82) is 0 Å².